The van der Waals surface area contributed by atoms with E-state index in [9.17, 15) is 0 Å². The first-order valence-electron chi connectivity index (χ1n) is 7.50. The molecule has 0 aliphatic heterocycles. The van der Waals surface area contributed by atoms with Gasteiger partial charge in [-0.1, -0.05) is 66.2 Å². The van der Waals surface area contributed by atoms with E-state index in [-0.39, 0.29) is 0 Å². The van der Waals surface area contributed by atoms with Crippen molar-refractivity contribution >= 4 is 9.04 Å². The van der Waals surface area contributed by atoms with Gasteiger partial charge in [0.2, 0.25) is 9.04 Å². The number of hydrogen-bond acceptors (Lipinski definition) is 2. The summed E-state index contributed by atoms with van der Waals surface area (Å²) in [5.41, 5.74) is 0. The van der Waals surface area contributed by atoms with Gasteiger partial charge in [0.25, 0.3) is 0 Å². The molecule has 0 amide bonds. The van der Waals surface area contributed by atoms with Gasteiger partial charge in [0.15, 0.2) is 0 Å². The van der Waals surface area contributed by atoms with Crippen molar-refractivity contribution in [3.8, 4) is 0 Å². The van der Waals surface area contributed by atoms with Gasteiger partial charge in [-0.3, -0.25) is 0 Å². The number of methoxy groups -OCH3 is 1. The predicted octanol–water partition coefficient (Wildman–Crippen LogP) is 4.80. The van der Waals surface area contributed by atoms with Crippen LogP contribution < -0.4 is 0 Å². The maximum Gasteiger partial charge on any atom is 0.217 e. The Morgan fingerprint density at radius 3 is 2.06 bits per heavy atom. The van der Waals surface area contributed by atoms with Gasteiger partial charge < -0.3 is 9.16 Å². The summed E-state index contributed by atoms with van der Waals surface area (Å²) < 4.78 is 11.1. The highest BCUT2D eigenvalue weighted by Crippen LogP contribution is 2.31. The van der Waals surface area contributed by atoms with Crippen molar-refractivity contribution < 1.29 is 9.16 Å². The summed E-state index contributed by atoms with van der Waals surface area (Å²) in [6.45, 7) is 10.7. The topological polar surface area (TPSA) is 18.5 Å². The minimum Gasteiger partial charge on any atom is -0.414 e. The molecule has 1 radical (unpaired) electrons. The summed E-state index contributed by atoms with van der Waals surface area (Å²) in [4.78, 5) is 0. The monoisotopic (exact) mass is 273 g/mol. The third-order valence-electron chi connectivity index (χ3n) is 3.16. The van der Waals surface area contributed by atoms with Gasteiger partial charge in [0, 0.05) is 7.11 Å². The highest BCUT2D eigenvalue weighted by molar-refractivity contribution is 6.55. The molecule has 0 rings (SSSR count). The first-order chi connectivity index (χ1) is 8.52. The number of rotatable bonds is 11. The largest absolute Gasteiger partial charge is 0.414 e. The second-order valence-corrected chi connectivity index (χ2v) is 9.17. The van der Waals surface area contributed by atoms with Crippen LogP contribution in [0.5, 0.6) is 0 Å². The molecule has 3 heteroatoms. The average molecular weight is 274 g/mol. The van der Waals surface area contributed by atoms with E-state index in [1.165, 1.54) is 44.6 Å². The van der Waals surface area contributed by atoms with Gasteiger partial charge in [0.1, 0.15) is 0 Å². The minimum absolute atomic E-state index is 0.335. The Labute approximate surface area is 116 Å². The van der Waals surface area contributed by atoms with Gasteiger partial charge in [-0.15, -0.1) is 0 Å². The van der Waals surface area contributed by atoms with Crippen LogP contribution in [0.15, 0.2) is 0 Å². The molecule has 0 bridgehead atoms. The highest BCUT2D eigenvalue weighted by Gasteiger charge is 2.28. The van der Waals surface area contributed by atoms with Crippen molar-refractivity contribution in [2.45, 2.75) is 77.3 Å². The molecule has 0 spiro atoms. The maximum atomic E-state index is 6.05. The van der Waals surface area contributed by atoms with Crippen molar-refractivity contribution in [2.75, 3.05) is 20.3 Å². The Hall–Kier alpha value is 0.137. The van der Waals surface area contributed by atoms with Crippen molar-refractivity contribution in [1.82, 2.24) is 0 Å². The third kappa shape index (κ3) is 10.1. The molecule has 0 aliphatic carbocycles. The van der Waals surface area contributed by atoms with E-state index in [0.717, 1.165) is 13.2 Å². The molecular weight excluding hydrogens is 240 g/mol. The molecule has 0 heterocycles. The third-order valence-corrected chi connectivity index (χ3v) is 6.19. The van der Waals surface area contributed by atoms with Gasteiger partial charge >= 0.3 is 0 Å². The van der Waals surface area contributed by atoms with E-state index in [0.29, 0.717) is 5.04 Å². The second kappa shape index (κ2) is 11.0. The molecule has 0 aromatic heterocycles. The number of hydrogen-bond donors (Lipinski definition) is 0. The molecule has 18 heavy (non-hydrogen) atoms. The quantitative estimate of drug-likeness (QED) is 0.397. The zero-order valence-electron chi connectivity index (χ0n) is 13.2. The molecule has 2 nitrogen and oxygen atoms in total. The van der Waals surface area contributed by atoms with E-state index < -0.39 is 9.04 Å². The Morgan fingerprint density at radius 1 is 0.889 bits per heavy atom. The molecule has 109 valence electrons. The second-order valence-electron chi connectivity index (χ2n) is 6.03. The van der Waals surface area contributed by atoms with Gasteiger partial charge in [-0.25, -0.2) is 0 Å². The fraction of sp³-hybridized carbons (Fsp3) is 1.00. The highest BCUT2D eigenvalue weighted by atomic mass is 28.3. The average Bonchev–Trinajstić information content (AvgIpc) is 2.30. The Balaban J connectivity index is 3.73. The Morgan fingerprint density at radius 2 is 1.50 bits per heavy atom. The van der Waals surface area contributed by atoms with E-state index in [1.807, 2.05) is 0 Å². The van der Waals surface area contributed by atoms with Crippen molar-refractivity contribution in [3.63, 3.8) is 0 Å². The summed E-state index contributed by atoms with van der Waals surface area (Å²) in [6, 6.07) is 1.28. The van der Waals surface area contributed by atoms with Gasteiger partial charge in [0.05, 0.1) is 13.2 Å². The van der Waals surface area contributed by atoms with Crippen molar-refractivity contribution in [3.05, 3.63) is 0 Å². The van der Waals surface area contributed by atoms with Crippen LogP contribution in [-0.2, 0) is 9.16 Å². The predicted molar refractivity (Wildman–Crippen MR) is 81.5 cm³/mol. The molecule has 0 N–H and O–H groups in total. The first-order valence-corrected chi connectivity index (χ1v) is 9.12. The van der Waals surface area contributed by atoms with Crippen molar-refractivity contribution in [1.29, 1.82) is 0 Å². The lowest BCUT2D eigenvalue weighted by atomic mass is 10.1. The van der Waals surface area contributed by atoms with E-state index in [2.05, 4.69) is 27.7 Å². The van der Waals surface area contributed by atoms with Crippen LogP contribution in [0.2, 0.25) is 11.1 Å². The number of ether oxygens (including phenoxy) is 1. The smallest absolute Gasteiger partial charge is 0.217 e. The Kier molecular flexibility index (Phi) is 11.1. The van der Waals surface area contributed by atoms with Crippen LogP contribution in [0, 0.1) is 0 Å². The fourth-order valence-electron chi connectivity index (χ4n) is 1.98. The van der Waals surface area contributed by atoms with Gasteiger partial charge in [-0.2, -0.15) is 0 Å². The molecule has 0 unspecified atom stereocenters. The lowest BCUT2D eigenvalue weighted by molar-refractivity contribution is 0.142. The van der Waals surface area contributed by atoms with Crippen LogP contribution in [0.1, 0.15) is 66.2 Å². The van der Waals surface area contributed by atoms with E-state index >= 15 is 0 Å². The summed E-state index contributed by atoms with van der Waals surface area (Å²) in [6.07, 6.45) is 8.22. The maximum absolute atomic E-state index is 6.05. The molecule has 0 saturated carbocycles. The molecule has 0 aromatic rings. The van der Waals surface area contributed by atoms with Crippen LogP contribution >= 0.6 is 0 Å². The Bertz CT molecular complexity index is 178. The molecule has 0 saturated heterocycles. The summed E-state index contributed by atoms with van der Waals surface area (Å²) in [5.74, 6) is 0. The van der Waals surface area contributed by atoms with Crippen LogP contribution in [0.3, 0.4) is 0 Å². The first kappa shape index (κ1) is 18.1. The van der Waals surface area contributed by atoms with E-state index in [1.54, 1.807) is 7.11 Å². The summed E-state index contributed by atoms with van der Waals surface area (Å²) in [5, 5.41) is 0.335. The lowest BCUT2D eigenvalue weighted by Gasteiger charge is -2.28. The van der Waals surface area contributed by atoms with Crippen LogP contribution in [-0.4, -0.2) is 29.4 Å². The summed E-state index contributed by atoms with van der Waals surface area (Å²) >= 11 is 0. The molecule has 0 atom stereocenters. The number of unbranched alkanes of at least 4 members (excludes halogenated alkanes) is 5. The van der Waals surface area contributed by atoms with Crippen LogP contribution in [0.25, 0.3) is 0 Å². The molecule has 0 fully saturated rings. The van der Waals surface area contributed by atoms with E-state index in [4.69, 9.17) is 9.16 Å². The molecule has 0 aromatic carbocycles. The minimum atomic E-state index is -0.705. The normalized spacial score (nSPS) is 12.3. The van der Waals surface area contributed by atoms with Gasteiger partial charge in [-0.05, 0) is 11.1 Å². The standard InChI is InChI=1S/C15H33O2Si/c1-6-7-8-9-10-11-14-18(15(2,3)4)17-13-12-16-5/h6-14H2,1-5H3. The molecule has 0 aliphatic rings. The zero-order chi connectivity index (χ0) is 13.9. The van der Waals surface area contributed by atoms with Crippen molar-refractivity contribution in [2.24, 2.45) is 0 Å². The summed E-state index contributed by atoms with van der Waals surface area (Å²) in [7, 11) is 1.03. The fourth-order valence-corrected chi connectivity index (χ4v) is 4.21. The molecular formula is C15H33O2Si. The zero-order valence-corrected chi connectivity index (χ0v) is 14.2. The van der Waals surface area contributed by atoms with Crippen LogP contribution in [0.4, 0.5) is 0 Å². The SMILES string of the molecule is CCCCCCCC[Si](OCCOC)C(C)(C)C. The lowest BCUT2D eigenvalue weighted by Crippen LogP contribution is -2.30.